The first-order valence-corrected chi connectivity index (χ1v) is 4.51. The van der Waals surface area contributed by atoms with Gasteiger partial charge < -0.3 is 5.73 Å². The molecule has 0 aromatic heterocycles. The summed E-state index contributed by atoms with van der Waals surface area (Å²) in [4.78, 5) is 21.7. The minimum atomic E-state index is -0.298. The lowest BCUT2D eigenvalue weighted by molar-refractivity contribution is -0.125. The van der Waals surface area contributed by atoms with Crippen LogP contribution >= 0.6 is 0 Å². The van der Waals surface area contributed by atoms with Gasteiger partial charge in [-0.3, -0.25) is 9.59 Å². The van der Waals surface area contributed by atoms with Crippen molar-refractivity contribution in [3.63, 3.8) is 0 Å². The molecule has 1 saturated carbocycles. The molecule has 1 rings (SSSR count). The fraction of sp³-hybridized carbons (Fsp3) is 0.778. The number of rotatable bonds is 3. The SMILES string of the molecule is NC(=O)CCC1CCCCC1=O. The predicted octanol–water partition coefficient (Wildman–Crippen LogP) is 1.01. The van der Waals surface area contributed by atoms with E-state index in [1.165, 1.54) is 0 Å². The maximum Gasteiger partial charge on any atom is 0.217 e. The molecule has 0 heterocycles. The van der Waals surface area contributed by atoms with E-state index in [0.29, 0.717) is 25.0 Å². The highest BCUT2D eigenvalue weighted by molar-refractivity contribution is 5.82. The quantitative estimate of drug-likeness (QED) is 0.685. The van der Waals surface area contributed by atoms with Gasteiger partial charge in [-0.15, -0.1) is 0 Å². The van der Waals surface area contributed by atoms with Crippen molar-refractivity contribution in [2.24, 2.45) is 11.7 Å². The minimum Gasteiger partial charge on any atom is -0.370 e. The average molecular weight is 169 g/mol. The molecule has 1 amide bonds. The van der Waals surface area contributed by atoms with Crippen LogP contribution in [0.25, 0.3) is 0 Å². The highest BCUT2D eigenvalue weighted by Crippen LogP contribution is 2.24. The van der Waals surface area contributed by atoms with Crippen LogP contribution in [-0.4, -0.2) is 11.7 Å². The Labute approximate surface area is 72.3 Å². The van der Waals surface area contributed by atoms with E-state index in [-0.39, 0.29) is 11.8 Å². The number of hydrogen-bond acceptors (Lipinski definition) is 2. The number of primary amides is 1. The summed E-state index contributed by atoms with van der Waals surface area (Å²) in [6.45, 7) is 0. The number of carbonyl (C=O) groups excluding carboxylic acids is 2. The average Bonchev–Trinajstić information content (AvgIpc) is 2.03. The summed E-state index contributed by atoms with van der Waals surface area (Å²) < 4.78 is 0. The topological polar surface area (TPSA) is 60.2 Å². The molecule has 1 aliphatic rings. The van der Waals surface area contributed by atoms with E-state index < -0.39 is 0 Å². The molecule has 68 valence electrons. The lowest BCUT2D eigenvalue weighted by Gasteiger charge is -2.19. The van der Waals surface area contributed by atoms with Gasteiger partial charge in [-0.2, -0.15) is 0 Å². The van der Waals surface area contributed by atoms with Crippen molar-refractivity contribution in [2.75, 3.05) is 0 Å². The lowest BCUT2D eigenvalue weighted by Crippen LogP contribution is -2.21. The summed E-state index contributed by atoms with van der Waals surface area (Å²) in [5.74, 6) is 0.141. The minimum absolute atomic E-state index is 0.117. The highest BCUT2D eigenvalue weighted by Gasteiger charge is 2.21. The summed E-state index contributed by atoms with van der Waals surface area (Å²) in [5.41, 5.74) is 5.00. The van der Waals surface area contributed by atoms with E-state index >= 15 is 0 Å². The first-order valence-electron chi connectivity index (χ1n) is 4.51. The molecular formula is C9H15NO2. The molecular weight excluding hydrogens is 154 g/mol. The van der Waals surface area contributed by atoms with Crippen molar-refractivity contribution >= 4 is 11.7 Å². The predicted molar refractivity (Wildman–Crippen MR) is 45.4 cm³/mol. The van der Waals surface area contributed by atoms with E-state index in [1.807, 2.05) is 0 Å². The first kappa shape index (κ1) is 9.23. The lowest BCUT2D eigenvalue weighted by atomic mass is 9.85. The zero-order valence-corrected chi connectivity index (χ0v) is 7.21. The van der Waals surface area contributed by atoms with E-state index in [4.69, 9.17) is 5.73 Å². The third kappa shape index (κ3) is 2.64. The third-order valence-electron chi connectivity index (χ3n) is 2.42. The van der Waals surface area contributed by atoms with E-state index in [2.05, 4.69) is 0 Å². The fourth-order valence-electron chi connectivity index (χ4n) is 1.68. The van der Waals surface area contributed by atoms with Crippen LogP contribution in [0.15, 0.2) is 0 Å². The van der Waals surface area contributed by atoms with Crippen molar-refractivity contribution in [3.8, 4) is 0 Å². The molecule has 1 unspecified atom stereocenters. The Hall–Kier alpha value is -0.860. The van der Waals surface area contributed by atoms with Crippen LogP contribution in [0.3, 0.4) is 0 Å². The molecule has 0 aliphatic heterocycles. The molecule has 0 aromatic carbocycles. The van der Waals surface area contributed by atoms with Crippen molar-refractivity contribution in [3.05, 3.63) is 0 Å². The number of amides is 1. The number of ketones is 1. The molecule has 3 nitrogen and oxygen atoms in total. The molecule has 0 bridgehead atoms. The molecule has 3 heteroatoms. The summed E-state index contributed by atoms with van der Waals surface area (Å²) >= 11 is 0. The largest absolute Gasteiger partial charge is 0.370 e. The zero-order valence-electron chi connectivity index (χ0n) is 7.21. The normalized spacial score (nSPS) is 24.0. The van der Waals surface area contributed by atoms with Crippen molar-refractivity contribution in [2.45, 2.75) is 38.5 Å². The number of hydrogen-bond donors (Lipinski definition) is 1. The molecule has 0 spiro atoms. The Balaban J connectivity index is 2.29. The van der Waals surface area contributed by atoms with Crippen molar-refractivity contribution < 1.29 is 9.59 Å². The standard InChI is InChI=1S/C9H15NO2/c10-9(12)6-5-7-3-1-2-4-8(7)11/h7H,1-6H2,(H2,10,12). The third-order valence-corrected chi connectivity index (χ3v) is 2.42. The van der Waals surface area contributed by atoms with Gasteiger partial charge in [0.2, 0.25) is 5.91 Å². The van der Waals surface area contributed by atoms with Crippen molar-refractivity contribution in [1.29, 1.82) is 0 Å². The Morgan fingerprint density at radius 1 is 1.50 bits per heavy atom. The molecule has 1 aliphatic carbocycles. The second kappa shape index (κ2) is 4.24. The highest BCUT2D eigenvalue weighted by atomic mass is 16.1. The number of carbonyl (C=O) groups is 2. The van der Waals surface area contributed by atoms with Crippen LogP contribution in [0.2, 0.25) is 0 Å². The second-order valence-electron chi connectivity index (χ2n) is 3.41. The number of nitrogens with two attached hydrogens (primary N) is 1. The van der Waals surface area contributed by atoms with Crippen LogP contribution in [0.1, 0.15) is 38.5 Å². The van der Waals surface area contributed by atoms with Gasteiger partial charge in [0.25, 0.3) is 0 Å². The maximum atomic E-state index is 11.3. The molecule has 1 atom stereocenters. The van der Waals surface area contributed by atoms with Gasteiger partial charge in [0.05, 0.1) is 0 Å². The van der Waals surface area contributed by atoms with Crippen LogP contribution in [0.5, 0.6) is 0 Å². The smallest absolute Gasteiger partial charge is 0.217 e. The Kier molecular flexibility index (Phi) is 3.26. The van der Waals surface area contributed by atoms with E-state index in [9.17, 15) is 9.59 Å². The van der Waals surface area contributed by atoms with Gasteiger partial charge in [0.1, 0.15) is 5.78 Å². The molecule has 1 fully saturated rings. The fourth-order valence-corrected chi connectivity index (χ4v) is 1.68. The summed E-state index contributed by atoms with van der Waals surface area (Å²) in [6, 6.07) is 0. The van der Waals surface area contributed by atoms with Gasteiger partial charge in [-0.25, -0.2) is 0 Å². The van der Waals surface area contributed by atoms with Gasteiger partial charge in [0, 0.05) is 18.8 Å². The molecule has 12 heavy (non-hydrogen) atoms. The van der Waals surface area contributed by atoms with Gasteiger partial charge >= 0.3 is 0 Å². The molecule has 0 saturated heterocycles. The molecule has 2 N–H and O–H groups in total. The maximum absolute atomic E-state index is 11.3. The van der Waals surface area contributed by atoms with Crippen LogP contribution in [0, 0.1) is 5.92 Å². The molecule has 0 radical (unpaired) electrons. The summed E-state index contributed by atoms with van der Waals surface area (Å²) in [5, 5.41) is 0. The Morgan fingerprint density at radius 2 is 2.25 bits per heavy atom. The Morgan fingerprint density at radius 3 is 2.83 bits per heavy atom. The van der Waals surface area contributed by atoms with Crippen LogP contribution in [-0.2, 0) is 9.59 Å². The molecule has 0 aromatic rings. The van der Waals surface area contributed by atoms with Crippen LogP contribution < -0.4 is 5.73 Å². The van der Waals surface area contributed by atoms with Crippen molar-refractivity contribution in [1.82, 2.24) is 0 Å². The van der Waals surface area contributed by atoms with Gasteiger partial charge in [-0.1, -0.05) is 6.42 Å². The monoisotopic (exact) mass is 169 g/mol. The van der Waals surface area contributed by atoms with Gasteiger partial charge in [-0.05, 0) is 19.3 Å². The van der Waals surface area contributed by atoms with Gasteiger partial charge in [0.15, 0.2) is 0 Å². The van der Waals surface area contributed by atoms with E-state index in [1.54, 1.807) is 0 Å². The summed E-state index contributed by atoms with van der Waals surface area (Å²) in [7, 11) is 0. The second-order valence-corrected chi connectivity index (χ2v) is 3.41. The Bertz CT molecular complexity index is 189. The first-order chi connectivity index (χ1) is 5.70. The number of Topliss-reactive ketones (excluding diaryl/α,β-unsaturated/α-hetero) is 1. The van der Waals surface area contributed by atoms with E-state index in [0.717, 1.165) is 19.3 Å². The zero-order chi connectivity index (χ0) is 8.97. The van der Waals surface area contributed by atoms with Crippen LogP contribution in [0.4, 0.5) is 0 Å². The summed E-state index contributed by atoms with van der Waals surface area (Å²) in [6.07, 6.45) is 4.81.